The van der Waals surface area contributed by atoms with Crippen molar-refractivity contribution in [1.82, 2.24) is 0 Å². The van der Waals surface area contributed by atoms with Gasteiger partial charge in [0.2, 0.25) is 0 Å². The highest BCUT2D eigenvalue weighted by Crippen LogP contribution is 2.31. The van der Waals surface area contributed by atoms with E-state index in [1.807, 2.05) is 24.3 Å². The smallest absolute Gasteiger partial charge is 0.145 e. The summed E-state index contributed by atoms with van der Waals surface area (Å²) < 4.78 is 14.6. The van der Waals surface area contributed by atoms with Crippen molar-refractivity contribution < 1.29 is 4.39 Å². The van der Waals surface area contributed by atoms with E-state index < -0.39 is 0 Å². The second-order valence-electron chi connectivity index (χ2n) is 4.50. The van der Waals surface area contributed by atoms with Crippen LogP contribution in [0.1, 0.15) is 12.0 Å². The van der Waals surface area contributed by atoms with Gasteiger partial charge in [-0.05, 0) is 58.1 Å². The molecule has 1 nitrogen and oxygen atoms in total. The molecule has 0 spiro atoms. The van der Waals surface area contributed by atoms with Gasteiger partial charge >= 0.3 is 0 Å². The minimum Gasteiger partial charge on any atom is -0.385 e. The van der Waals surface area contributed by atoms with Crippen LogP contribution in [0, 0.1) is 5.82 Å². The van der Waals surface area contributed by atoms with E-state index >= 15 is 0 Å². The molecule has 0 bridgehead atoms. The van der Waals surface area contributed by atoms with Gasteiger partial charge in [-0.2, -0.15) is 0 Å². The van der Waals surface area contributed by atoms with E-state index in [4.69, 9.17) is 0 Å². The van der Waals surface area contributed by atoms with Crippen LogP contribution in [0.25, 0.3) is 11.1 Å². The molecule has 0 aromatic heterocycles. The van der Waals surface area contributed by atoms with Crippen LogP contribution in [0.5, 0.6) is 0 Å². The minimum atomic E-state index is -0.193. The van der Waals surface area contributed by atoms with Gasteiger partial charge in [0.25, 0.3) is 0 Å². The zero-order valence-corrected chi connectivity index (χ0v) is 11.4. The molecule has 1 N–H and O–H groups in total. The molecule has 1 aliphatic heterocycles. The van der Waals surface area contributed by atoms with E-state index in [9.17, 15) is 4.39 Å². The van der Waals surface area contributed by atoms with Gasteiger partial charge in [-0.1, -0.05) is 18.2 Å². The van der Waals surface area contributed by atoms with Gasteiger partial charge in [-0.25, -0.2) is 4.39 Å². The van der Waals surface area contributed by atoms with Gasteiger partial charge in [-0.15, -0.1) is 0 Å². The molecule has 0 saturated carbocycles. The third kappa shape index (κ3) is 2.03. The van der Waals surface area contributed by atoms with Crippen molar-refractivity contribution >= 4 is 21.6 Å². The van der Waals surface area contributed by atoms with Crippen LogP contribution < -0.4 is 5.32 Å². The number of rotatable bonds is 1. The first-order valence-corrected chi connectivity index (χ1v) is 6.86. The molecule has 0 amide bonds. The second-order valence-corrected chi connectivity index (χ2v) is 5.36. The predicted molar refractivity (Wildman–Crippen MR) is 76.3 cm³/mol. The summed E-state index contributed by atoms with van der Waals surface area (Å²) in [7, 11) is 0. The van der Waals surface area contributed by atoms with Crippen molar-refractivity contribution in [3.63, 3.8) is 0 Å². The number of aryl methyl sites for hydroxylation is 1. The lowest BCUT2D eigenvalue weighted by atomic mass is 9.97. The van der Waals surface area contributed by atoms with Crippen LogP contribution in [-0.2, 0) is 6.42 Å². The summed E-state index contributed by atoms with van der Waals surface area (Å²) in [5.41, 5.74) is 4.05. The van der Waals surface area contributed by atoms with Crippen molar-refractivity contribution in [3.05, 3.63) is 52.3 Å². The summed E-state index contributed by atoms with van der Waals surface area (Å²) in [6, 6.07) is 11.5. The second kappa shape index (κ2) is 4.73. The van der Waals surface area contributed by atoms with E-state index in [1.54, 1.807) is 6.07 Å². The monoisotopic (exact) mass is 305 g/mol. The van der Waals surface area contributed by atoms with Crippen LogP contribution in [-0.4, -0.2) is 6.54 Å². The number of hydrogen-bond acceptors (Lipinski definition) is 1. The van der Waals surface area contributed by atoms with Crippen LogP contribution in [0.2, 0.25) is 0 Å². The first-order chi connectivity index (χ1) is 8.75. The van der Waals surface area contributed by atoms with Gasteiger partial charge in [0.1, 0.15) is 5.82 Å². The Morgan fingerprint density at radius 3 is 2.94 bits per heavy atom. The first-order valence-electron chi connectivity index (χ1n) is 6.07. The SMILES string of the molecule is Fc1c(Br)cccc1-c1ccc2c(c1)CCCN2. The number of benzene rings is 2. The standard InChI is InChI=1S/C15H13BrFN/c16-13-5-1-4-12(15(13)17)10-6-7-14-11(9-10)3-2-8-18-14/h1,4-7,9,18H,2-3,8H2. The highest BCUT2D eigenvalue weighted by Gasteiger charge is 2.12. The van der Waals surface area contributed by atoms with E-state index in [0.29, 0.717) is 10.0 Å². The summed E-state index contributed by atoms with van der Waals surface area (Å²) in [5.74, 6) is -0.193. The Hall–Kier alpha value is -1.35. The molecule has 1 aliphatic rings. The van der Waals surface area contributed by atoms with Crippen molar-refractivity contribution in [1.29, 1.82) is 0 Å². The molecular weight excluding hydrogens is 293 g/mol. The van der Waals surface area contributed by atoms with Gasteiger partial charge in [0.05, 0.1) is 4.47 Å². The topological polar surface area (TPSA) is 12.0 Å². The molecule has 3 rings (SSSR count). The van der Waals surface area contributed by atoms with Crippen LogP contribution in [0.3, 0.4) is 0 Å². The molecule has 2 aromatic rings. The Labute approximate surface area is 114 Å². The molecule has 92 valence electrons. The molecule has 0 radical (unpaired) electrons. The Bertz CT molecular complexity index is 595. The Morgan fingerprint density at radius 2 is 2.06 bits per heavy atom. The average Bonchev–Trinajstić information content (AvgIpc) is 2.41. The summed E-state index contributed by atoms with van der Waals surface area (Å²) in [6.07, 6.45) is 2.20. The zero-order chi connectivity index (χ0) is 12.5. The van der Waals surface area contributed by atoms with E-state index in [-0.39, 0.29) is 5.82 Å². The first kappa shape index (κ1) is 11.7. The molecule has 0 saturated heterocycles. The Morgan fingerprint density at radius 1 is 1.17 bits per heavy atom. The highest BCUT2D eigenvalue weighted by molar-refractivity contribution is 9.10. The summed E-state index contributed by atoms with van der Waals surface area (Å²) in [6.45, 7) is 1.03. The van der Waals surface area contributed by atoms with E-state index in [0.717, 1.165) is 24.9 Å². The van der Waals surface area contributed by atoms with Crippen molar-refractivity contribution in [2.45, 2.75) is 12.8 Å². The zero-order valence-electron chi connectivity index (χ0n) is 9.84. The quantitative estimate of drug-likeness (QED) is 0.811. The lowest BCUT2D eigenvalue weighted by Crippen LogP contribution is -2.11. The minimum absolute atomic E-state index is 0.193. The van der Waals surface area contributed by atoms with Gasteiger partial charge < -0.3 is 5.32 Å². The Balaban J connectivity index is 2.09. The van der Waals surface area contributed by atoms with Crippen LogP contribution in [0.4, 0.5) is 10.1 Å². The van der Waals surface area contributed by atoms with Gasteiger partial charge in [0.15, 0.2) is 0 Å². The number of halogens is 2. The average molecular weight is 306 g/mol. The number of hydrogen-bond donors (Lipinski definition) is 1. The molecule has 2 aromatic carbocycles. The van der Waals surface area contributed by atoms with Crippen molar-refractivity contribution in [3.8, 4) is 11.1 Å². The molecule has 3 heteroatoms. The third-order valence-electron chi connectivity index (χ3n) is 3.31. The predicted octanol–water partition coefficient (Wildman–Crippen LogP) is 4.61. The fourth-order valence-corrected chi connectivity index (χ4v) is 2.74. The maximum absolute atomic E-state index is 14.1. The third-order valence-corrected chi connectivity index (χ3v) is 3.92. The maximum atomic E-state index is 14.1. The lowest BCUT2D eigenvalue weighted by Gasteiger charge is -2.19. The lowest BCUT2D eigenvalue weighted by molar-refractivity contribution is 0.624. The Kier molecular flexibility index (Phi) is 3.08. The molecular formula is C15H13BrFN. The van der Waals surface area contributed by atoms with Gasteiger partial charge in [0, 0.05) is 17.8 Å². The maximum Gasteiger partial charge on any atom is 0.145 e. The van der Waals surface area contributed by atoms with Crippen LogP contribution >= 0.6 is 15.9 Å². The summed E-state index contributed by atoms with van der Waals surface area (Å²) >= 11 is 3.23. The fraction of sp³-hybridized carbons (Fsp3) is 0.200. The molecule has 0 fully saturated rings. The molecule has 0 aliphatic carbocycles. The van der Waals surface area contributed by atoms with E-state index in [2.05, 4.69) is 27.3 Å². The normalized spacial score (nSPS) is 13.9. The number of fused-ring (bicyclic) bond motifs is 1. The number of nitrogens with one attached hydrogen (secondary N) is 1. The summed E-state index contributed by atoms with van der Waals surface area (Å²) in [5, 5.41) is 3.36. The number of anilines is 1. The van der Waals surface area contributed by atoms with Crippen molar-refractivity contribution in [2.75, 3.05) is 11.9 Å². The van der Waals surface area contributed by atoms with Crippen LogP contribution in [0.15, 0.2) is 40.9 Å². The highest BCUT2D eigenvalue weighted by atomic mass is 79.9. The summed E-state index contributed by atoms with van der Waals surface area (Å²) in [4.78, 5) is 0. The molecule has 18 heavy (non-hydrogen) atoms. The fourth-order valence-electron chi connectivity index (χ4n) is 2.37. The van der Waals surface area contributed by atoms with Crippen molar-refractivity contribution in [2.24, 2.45) is 0 Å². The molecule has 0 unspecified atom stereocenters. The molecule has 1 heterocycles. The largest absolute Gasteiger partial charge is 0.385 e. The van der Waals surface area contributed by atoms with E-state index in [1.165, 1.54) is 11.3 Å². The molecule has 0 atom stereocenters. The van der Waals surface area contributed by atoms with Gasteiger partial charge in [-0.3, -0.25) is 0 Å².